The van der Waals surface area contributed by atoms with Gasteiger partial charge < -0.3 is 10.2 Å². The molecule has 1 aliphatic heterocycles. The number of fused-ring (bicyclic) bond motifs is 1. The second-order valence-electron chi connectivity index (χ2n) is 10.2. The maximum Gasteiger partial charge on any atom is 0.224 e. The van der Waals surface area contributed by atoms with Gasteiger partial charge in [-0.1, -0.05) is 31.0 Å². The Labute approximate surface area is 218 Å². The Morgan fingerprint density at radius 2 is 1.70 bits per heavy atom. The van der Waals surface area contributed by atoms with E-state index in [0.29, 0.717) is 12.8 Å². The second kappa shape index (κ2) is 10.7. The number of aromatic nitrogens is 3. The van der Waals surface area contributed by atoms with Crippen LogP contribution in [0.3, 0.4) is 0 Å². The topological polar surface area (TPSA) is 66.3 Å². The lowest BCUT2D eigenvalue weighted by Gasteiger charge is -2.38. The van der Waals surface area contributed by atoms with Crippen molar-refractivity contribution in [2.75, 3.05) is 36.4 Å². The fourth-order valence-electron chi connectivity index (χ4n) is 5.76. The number of rotatable bonds is 7. The van der Waals surface area contributed by atoms with E-state index in [-0.39, 0.29) is 5.91 Å². The Bertz CT molecular complexity index is 1340. The summed E-state index contributed by atoms with van der Waals surface area (Å²) < 4.78 is 2.03. The SMILES string of the molecule is O=C(CCc1cccnc1)Nc1ccc(-n2nc(N3CCN(C4CCCC4)CC3)c3ccccc32)cc1. The molecule has 0 unspecified atom stereocenters. The van der Waals surface area contributed by atoms with E-state index in [2.05, 4.69) is 44.4 Å². The zero-order valence-electron chi connectivity index (χ0n) is 21.2. The molecule has 1 saturated heterocycles. The first kappa shape index (κ1) is 23.7. The first-order chi connectivity index (χ1) is 18.2. The summed E-state index contributed by atoms with van der Waals surface area (Å²) in [5, 5.41) is 9.29. The minimum Gasteiger partial charge on any atom is -0.352 e. The van der Waals surface area contributed by atoms with Crippen LogP contribution < -0.4 is 10.2 Å². The molecule has 3 heterocycles. The van der Waals surface area contributed by atoms with Crippen LogP contribution in [0.5, 0.6) is 0 Å². The highest BCUT2D eigenvalue weighted by Gasteiger charge is 2.28. The largest absolute Gasteiger partial charge is 0.352 e. The standard InChI is InChI=1S/C30H34N6O/c37-29(16-11-23-6-5-17-31-22-23)32-24-12-14-26(15-13-24)36-28-10-4-3-9-27(28)30(33-36)35-20-18-34(19-21-35)25-7-1-2-8-25/h3-6,9-10,12-15,17,22,25H,1-2,7-8,11,16,18-21H2,(H,32,37). The minimum absolute atomic E-state index is 0.000162. The maximum absolute atomic E-state index is 12.4. The molecule has 2 aromatic heterocycles. The third kappa shape index (κ3) is 5.23. The molecule has 2 aliphatic rings. The average molecular weight is 495 g/mol. The van der Waals surface area contributed by atoms with E-state index in [9.17, 15) is 4.79 Å². The number of benzene rings is 2. The molecule has 6 rings (SSSR count). The van der Waals surface area contributed by atoms with Crippen LogP contribution in [0.1, 0.15) is 37.7 Å². The van der Waals surface area contributed by atoms with Crippen LogP contribution in [0.25, 0.3) is 16.6 Å². The van der Waals surface area contributed by atoms with Crippen molar-refractivity contribution in [3.8, 4) is 5.69 Å². The van der Waals surface area contributed by atoms with Crippen molar-refractivity contribution in [2.24, 2.45) is 0 Å². The Hall–Kier alpha value is -3.71. The highest BCUT2D eigenvalue weighted by atomic mass is 16.1. The van der Waals surface area contributed by atoms with Gasteiger partial charge >= 0.3 is 0 Å². The Balaban J connectivity index is 1.15. The van der Waals surface area contributed by atoms with Crippen LogP contribution in [0, 0.1) is 0 Å². The molecule has 0 bridgehead atoms. The summed E-state index contributed by atoms with van der Waals surface area (Å²) in [5.74, 6) is 1.06. The lowest BCUT2D eigenvalue weighted by Crippen LogP contribution is -2.49. The number of nitrogens with one attached hydrogen (secondary N) is 1. The van der Waals surface area contributed by atoms with Gasteiger partial charge in [-0.15, -0.1) is 5.10 Å². The molecule has 1 amide bonds. The monoisotopic (exact) mass is 494 g/mol. The van der Waals surface area contributed by atoms with E-state index in [0.717, 1.165) is 60.5 Å². The molecule has 2 aromatic carbocycles. The van der Waals surface area contributed by atoms with Crippen LogP contribution in [0.2, 0.25) is 0 Å². The van der Waals surface area contributed by atoms with Gasteiger partial charge in [-0.3, -0.25) is 14.7 Å². The summed E-state index contributed by atoms with van der Waals surface area (Å²) in [6.45, 7) is 4.26. The number of carbonyl (C=O) groups is 1. The van der Waals surface area contributed by atoms with Crippen molar-refractivity contribution in [1.29, 1.82) is 0 Å². The predicted molar refractivity (Wildman–Crippen MR) is 148 cm³/mol. The van der Waals surface area contributed by atoms with E-state index in [1.54, 1.807) is 12.4 Å². The van der Waals surface area contributed by atoms with Gasteiger partial charge in [0, 0.05) is 62.1 Å². The van der Waals surface area contributed by atoms with E-state index >= 15 is 0 Å². The van der Waals surface area contributed by atoms with Gasteiger partial charge in [-0.2, -0.15) is 0 Å². The molecule has 2 fully saturated rings. The van der Waals surface area contributed by atoms with Gasteiger partial charge in [0.15, 0.2) is 5.82 Å². The van der Waals surface area contributed by atoms with Gasteiger partial charge in [0.05, 0.1) is 11.2 Å². The Morgan fingerprint density at radius 1 is 0.919 bits per heavy atom. The Morgan fingerprint density at radius 3 is 2.46 bits per heavy atom. The van der Waals surface area contributed by atoms with Gasteiger partial charge in [0.1, 0.15) is 0 Å². The molecule has 7 nitrogen and oxygen atoms in total. The van der Waals surface area contributed by atoms with Crippen molar-refractivity contribution >= 4 is 28.3 Å². The molecule has 7 heteroatoms. The molecule has 1 saturated carbocycles. The fourth-order valence-corrected chi connectivity index (χ4v) is 5.76. The molecule has 0 atom stereocenters. The summed E-state index contributed by atoms with van der Waals surface area (Å²) >= 11 is 0. The maximum atomic E-state index is 12.4. The molecule has 37 heavy (non-hydrogen) atoms. The normalized spacial score (nSPS) is 16.9. The van der Waals surface area contributed by atoms with E-state index in [1.165, 1.54) is 31.1 Å². The lowest BCUT2D eigenvalue weighted by molar-refractivity contribution is -0.116. The third-order valence-corrected chi connectivity index (χ3v) is 7.78. The highest BCUT2D eigenvalue weighted by Crippen LogP contribution is 2.31. The third-order valence-electron chi connectivity index (χ3n) is 7.78. The zero-order valence-corrected chi connectivity index (χ0v) is 21.2. The number of pyridine rings is 1. The smallest absolute Gasteiger partial charge is 0.224 e. The fraction of sp³-hybridized carbons (Fsp3) is 0.367. The molecule has 4 aromatic rings. The van der Waals surface area contributed by atoms with Gasteiger partial charge in [-0.25, -0.2) is 4.68 Å². The average Bonchev–Trinajstić information content (AvgIpc) is 3.62. The van der Waals surface area contributed by atoms with Crippen molar-refractivity contribution in [3.63, 3.8) is 0 Å². The summed E-state index contributed by atoms with van der Waals surface area (Å²) in [6.07, 6.45) is 10.1. The van der Waals surface area contributed by atoms with E-state index in [4.69, 9.17) is 5.10 Å². The van der Waals surface area contributed by atoms with E-state index in [1.807, 2.05) is 41.1 Å². The summed E-state index contributed by atoms with van der Waals surface area (Å²) in [6, 6.07) is 21.1. The van der Waals surface area contributed by atoms with Crippen LogP contribution in [-0.4, -0.2) is 57.8 Å². The first-order valence-electron chi connectivity index (χ1n) is 13.5. The molecule has 1 N–H and O–H groups in total. The number of hydrogen-bond acceptors (Lipinski definition) is 5. The summed E-state index contributed by atoms with van der Waals surface area (Å²) in [4.78, 5) is 21.7. The molecule has 0 radical (unpaired) electrons. The molecule has 0 spiro atoms. The number of anilines is 2. The van der Waals surface area contributed by atoms with Crippen LogP contribution in [-0.2, 0) is 11.2 Å². The molecular weight excluding hydrogens is 460 g/mol. The van der Waals surface area contributed by atoms with Crippen LogP contribution in [0.4, 0.5) is 11.5 Å². The van der Waals surface area contributed by atoms with E-state index < -0.39 is 0 Å². The highest BCUT2D eigenvalue weighted by molar-refractivity contribution is 5.92. The van der Waals surface area contributed by atoms with Gasteiger partial charge in [0.25, 0.3) is 0 Å². The predicted octanol–water partition coefficient (Wildman–Crippen LogP) is 5.06. The molecule has 190 valence electrons. The lowest BCUT2D eigenvalue weighted by atomic mass is 10.1. The zero-order chi connectivity index (χ0) is 25.0. The summed E-state index contributed by atoms with van der Waals surface area (Å²) in [7, 11) is 0. The molecular formula is C30H34N6O. The van der Waals surface area contributed by atoms with Crippen molar-refractivity contribution in [3.05, 3.63) is 78.6 Å². The van der Waals surface area contributed by atoms with Crippen LogP contribution >= 0.6 is 0 Å². The number of para-hydroxylation sites is 1. The quantitative estimate of drug-likeness (QED) is 0.389. The summed E-state index contributed by atoms with van der Waals surface area (Å²) in [5.41, 5.74) is 3.94. The number of piperazine rings is 1. The number of amides is 1. The van der Waals surface area contributed by atoms with Crippen LogP contribution in [0.15, 0.2) is 73.1 Å². The second-order valence-corrected chi connectivity index (χ2v) is 10.2. The Kier molecular flexibility index (Phi) is 6.86. The molecule has 1 aliphatic carbocycles. The minimum atomic E-state index is 0.000162. The van der Waals surface area contributed by atoms with Crippen molar-refractivity contribution < 1.29 is 4.79 Å². The number of hydrogen-bond donors (Lipinski definition) is 1. The van der Waals surface area contributed by atoms with Gasteiger partial charge in [-0.05, 0) is 67.3 Å². The van der Waals surface area contributed by atoms with Crippen molar-refractivity contribution in [2.45, 2.75) is 44.6 Å². The number of nitrogens with zero attached hydrogens (tertiary/aromatic N) is 5. The van der Waals surface area contributed by atoms with Crippen molar-refractivity contribution in [1.82, 2.24) is 19.7 Å². The number of aryl methyl sites for hydroxylation is 1. The first-order valence-corrected chi connectivity index (χ1v) is 13.5. The number of carbonyl (C=O) groups excluding carboxylic acids is 1. The van der Waals surface area contributed by atoms with Gasteiger partial charge in [0.2, 0.25) is 5.91 Å².